The van der Waals surface area contributed by atoms with E-state index in [0.717, 1.165) is 145 Å². The summed E-state index contributed by atoms with van der Waals surface area (Å²) in [7, 11) is 0. The number of rotatable bonds is 15. The molecule has 0 saturated carbocycles. The highest BCUT2D eigenvalue weighted by atomic mass is 16.3. The Balaban J connectivity index is 1.15. The van der Waals surface area contributed by atoms with E-state index in [0.29, 0.717) is 5.41 Å². The quantitative estimate of drug-likeness (QED) is 0.202. The second kappa shape index (κ2) is 18.4. The molecule has 0 aromatic carbocycles. The van der Waals surface area contributed by atoms with E-state index in [-0.39, 0.29) is 35.0 Å². The zero-order valence-electron chi connectivity index (χ0n) is 37.2. The van der Waals surface area contributed by atoms with Crippen LogP contribution in [0, 0.1) is 5.41 Å². The van der Waals surface area contributed by atoms with Gasteiger partial charge in [-0.1, -0.05) is 55.4 Å². The van der Waals surface area contributed by atoms with E-state index >= 15 is 0 Å². The second-order valence-electron chi connectivity index (χ2n) is 20.3. The summed E-state index contributed by atoms with van der Waals surface area (Å²) in [4.78, 5) is 11.8. The highest BCUT2D eigenvalue weighted by Gasteiger charge is 2.36. The first-order valence-corrected chi connectivity index (χ1v) is 22.0. The molecule has 320 valence electrons. The lowest BCUT2D eigenvalue weighted by atomic mass is 9.69. The maximum absolute atomic E-state index is 9.97. The van der Waals surface area contributed by atoms with Crippen LogP contribution in [0.15, 0.2) is 36.4 Å². The molecule has 3 aliphatic heterocycles. The number of hydrogen-bond acceptors (Lipinski definition) is 13. The molecule has 3 saturated heterocycles. The number of hydrogen-bond donors (Lipinski definition) is 2. The lowest BCUT2D eigenvalue weighted by Gasteiger charge is -2.38. The fraction of sp³-hybridized carbons (Fsp3) is 0.733. The van der Waals surface area contributed by atoms with Gasteiger partial charge in [-0.3, -0.25) is 9.80 Å². The Hall–Kier alpha value is -3.52. The molecule has 2 N–H and O–H groups in total. The smallest absolute Gasteiger partial charge is 0.151 e. The molecular weight excluding hydrogens is 727 g/mol. The van der Waals surface area contributed by atoms with Crippen molar-refractivity contribution >= 4 is 17.5 Å². The van der Waals surface area contributed by atoms with Gasteiger partial charge in [0, 0.05) is 94.3 Å². The van der Waals surface area contributed by atoms with Crippen molar-refractivity contribution in [2.24, 2.45) is 5.41 Å². The maximum Gasteiger partial charge on any atom is 0.151 e. The van der Waals surface area contributed by atoms with Gasteiger partial charge in [0.25, 0.3) is 0 Å². The molecule has 0 bridgehead atoms. The number of anilines is 3. The summed E-state index contributed by atoms with van der Waals surface area (Å²) >= 11 is 0. The van der Waals surface area contributed by atoms with Crippen molar-refractivity contribution in [3.8, 4) is 0 Å². The average molecular weight is 800 g/mol. The number of nitrogens with zero attached hydrogens (tertiary/aromatic N) is 11. The molecule has 0 spiro atoms. The first-order chi connectivity index (χ1) is 27.4. The monoisotopic (exact) mass is 800 g/mol. The van der Waals surface area contributed by atoms with E-state index in [1.54, 1.807) is 0 Å². The summed E-state index contributed by atoms with van der Waals surface area (Å²) in [6.45, 7) is 30.9. The highest BCUT2D eigenvalue weighted by molar-refractivity contribution is 5.41. The first-order valence-electron chi connectivity index (χ1n) is 22.0. The summed E-state index contributed by atoms with van der Waals surface area (Å²) in [5, 5.41) is 48.5. The minimum Gasteiger partial charge on any atom is -0.395 e. The SMILES string of the molecule is CC(CO)N1CCN(c2ccc(C(C)(CCC(C)(C)c3ccc(N4CCC(O)CC4)nn3)CCC(C)(C)c3ccc(N4CCN(CC(C)(C)C)CC4)nn3)nn2)CC1. The van der Waals surface area contributed by atoms with Crippen LogP contribution in [-0.2, 0) is 16.2 Å². The standard InChI is InChI=1S/C45H73N11O2/c1-34(32-57)53-28-30-56(31-29-53)41-15-12-38(48-51-41)45(9,20-18-43(5,6)36-10-13-39(49-46-36)54-22-16-35(58)17-23-54)21-19-44(7,8)37-11-14-40(50-47-37)55-26-24-52(25-27-55)33-42(2,3)4/h10-15,34-35,57-58H,16-33H2,1-9H3. The van der Waals surface area contributed by atoms with Crippen LogP contribution in [0.5, 0.6) is 0 Å². The Morgan fingerprint density at radius 3 is 1.36 bits per heavy atom. The van der Waals surface area contributed by atoms with Crippen LogP contribution in [-0.4, -0.2) is 141 Å². The maximum atomic E-state index is 9.97. The molecular formula is C45H73N11O2. The van der Waals surface area contributed by atoms with Gasteiger partial charge in [-0.2, -0.15) is 15.3 Å². The van der Waals surface area contributed by atoms with E-state index < -0.39 is 0 Å². The summed E-state index contributed by atoms with van der Waals surface area (Å²) in [5.41, 5.74) is 2.65. The first kappa shape index (κ1) is 44.0. The van der Waals surface area contributed by atoms with Crippen LogP contribution in [0.25, 0.3) is 0 Å². The van der Waals surface area contributed by atoms with Gasteiger partial charge < -0.3 is 24.9 Å². The van der Waals surface area contributed by atoms with E-state index in [4.69, 9.17) is 25.5 Å². The lowest BCUT2D eigenvalue weighted by molar-refractivity contribution is 0.128. The number of piperidine rings is 1. The molecule has 0 amide bonds. The van der Waals surface area contributed by atoms with Gasteiger partial charge in [-0.15, -0.1) is 15.3 Å². The van der Waals surface area contributed by atoms with Crippen LogP contribution < -0.4 is 14.7 Å². The van der Waals surface area contributed by atoms with Gasteiger partial charge in [0.05, 0.1) is 29.8 Å². The molecule has 6 rings (SSSR count). The predicted molar refractivity (Wildman–Crippen MR) is 234 cm³/mol. The number of aliphatic hydroxyl groups excluding tert-OH is 2. The Bertz CT molecular complexity index is 1710. The molecule has 3 aromatic rings. The van der Waals surface area contributed by atoms with Crippen LogP contribution in [0.1, 0.15) is 118 Å². The van der Waals surface area contributed by atoms with Crippen LogP contribution in [0.2, 0.25) is 0 Å². The van der Waals surface area contributed by atoms with Crippen molar-refractivity contribution in [3.05, 3.63) is 53.5 Å². The third kappa shape index (κ3) is 11.2. The van der Waals surface area contributed by atoms with Gasteiger partial charge in [0.1, 0.15) is 0 Å². The van der Waals surface area contributed by atoms with E-state index in [1.807, 2.05) is 0 Å². The molecule has 3 aromatic heterocycles. The van der Waals surface area contributed by atoms with Crippen molar-refractivity contribution in [1.82, 2.24) is 40.4 Å². The van der Waals surface area contributed by atoms with E-state index in [9.17, 15) is 10.2 Å². The Kier molecular flexibility index (Phi) is 14.0. The average Bonchev–Trinajstić information content (AvgIpc) is 3.22. The molecule has 13 heteroatoms. The summed E-state index contributed by atoms with van der Waals surface area (Å²) in [6.07, 6.45) is 4.94. The van der Waals surface area contributed by atoms with Crippen LogP contribution in [0.3, 0.4) is 0 Å². The van der Waals surface area contributed by atoms with Gasteiger partial charge in [0.15, 0.2) is 17.5 Å². The van der Waals surface area contributed by atoms with Gasteiger partial charge in [0.2, 0.25) is 0 Å². The van der Waals surface area contributed by atoms with Gasteiger partial charge in [-0.25, -0.2) is 0 Å². The zero-order chi connectivity index (χ0) is 41.7. The Morgan fingerprint density at radius 1 is 0.552 bits per heavy atom. The number of aromatic nitrogens is 6. The largest absolute Gasteiger partial charge is 0.395 e. The molecule has 3 fully saturated rings. The zero-order valence-corrected chi connectivity index (χ0v) is 37.2. The minimum absolute atomic E-state index is 0.168. The third-order valence-corrected chi connectivity index (χ3v) is 13.3. The number of piperazine rings is 2. The van der Waals surface area contributed by atoms with Gasteiger partial charge >= 0.3 is 0 Å². The van der Waals surface area contributed by atoms with Crippen molar-refractivity contribution in [2.75, 3.05) is 93.3 Å². The molecule has 58 heavy (non-hydrogen) atoms. The summed E-state index contributed by atoms with van der Waals surface area (Å²) < 4.78 is 0. The van der Waals surface area contributed by atoms with Crippen LogP contribution >= 0.6 is 0 Å². The predicted octanol–water partition coefficient (Wildman–Crippen LogP) is 5.46. The van der Waals surface area contributed by atoms with E-state index in [2.05, 4.69) is 128 Å². The van der Waals surface area contributed by atoms with Crippen molar-refractivity contribution < 1.29 is 10.2 Å². The molecule has 6 heterocycles. The Morgan fingerprint density at radius 2 is 0.966 bits per heavy atom. The van der Waals surface area contributed by atoms with Gasteiger partial charge in [-0.05, 0) is 87.3 Å². The fourth-order valence-corrected chi connectivity index (χ4v) is 8.75. The molecule has 3 aliphatic rings. The van der Waals surface area contributed by atoms with Crippen molar-refractivity contribution in [1.29, 1.82) is 0 Å². The molecule has 0 radical (unpaired) electrons. The van der Waals surface area contributed by atoms with Crippen molar-refractivity contribution in [2.45, 2.75) is 129 Å². The van der Waals surface area contributed by atoms with E-state index in [1.165, 1.54) is 0 Å². The Labute approximate surface area is 348 Å². The number of aliphatic hydroxyl groups is 2. The minimum atomic E-state index is -0.253. The normalized spacial score (nSPS) is 20.0. The second-order valence-corrected chi connectivity index (χ2v) is 20.3. The molecule has 0 aliphatic carbocycles. The highest BCUT2D eigenvalue weighted by Crippen LogP contribution is 2.41. The topological polar surface area (TPSA) is 134 Å². The van der Waals surface area contributed by atoms with Crippen LogP contribution in [0.4, 0.5) is 17.5 Å². The summed E-state index contributed by atoms with van der Waals surface area (Å²) in [5.74, 6) is 2.76. The van der Waals surface area contributed by atoms with Crippen molar-refractivity contribution in [3.63, 3.8) is 0 Å². The molecule has 2 unspecified atom stereocenters. The molecule has 13 nitrogen and oxygen atoms in total. The third-order valence-electron chi connectivity index (χ3n) is 13.3. The lowest BCUT2D eigenvalue weighted by Crippen LogP contribution is -2.50. The summed E-state index contributed by atoms with van der Waals surface area (Å²) in [6, 6.07) is 13.1. The molecule has 2 atom stereocenters. The fourth-order valence-electron chi connectivity index (χ4n) is 8.75.